The minimum absolute atomic E-state index is 0.000194. The van der Waals surface area contributed by atoms with E-state index < -0.39 is 0 Å². The van der Waals surface area contributed by atoms with Crippen molar-refractivity contribution < 1.29 is 9.32 Å². The number of carbonyl (C=O) groups excluding carboxylic acids is 1. The number of aromatic nitrogens is 2. The van der Waals surface area contributed by atoms with E-state index >= 15 is 0 Å². The predicted molar refractivity (Wildman–Crippen MR) is 131 cm³/mol. The zero-order chi connectivity index (χ0) is 23.0. The molecule has 1 amide bonds. The van der Waals surface area contributed by atoms with Gasteiger partial charge in [0.05, 0.1) is 0 Å². The molecule has 1 N–H and O–H groups in total. The number of nitrogens with one attached hydrogen (secondary N) is 1. The van der Waals surface area contributed by atoms with Crippen LogP contribution in [0.25, 0.3) is 11.4 Å². The monoisotopic (exact) mass is 466 g/mol. The zero-order valence-electron chi connectivity index (χ0n) is 19.1. The first kappa shape index (κ1) is 23.5. The standard InChI is InChI=1S/C26H31ClN4O2/c1-31(22-9-3-2-4-10-22)18-20-8-5-6-11-23(20)28-24(32)12-7-13-25-29-26(30-33-25)19-14-16-21(27)17-15-19/h5-6,8,11,14-17,22H,2-4,7,9-10,12-13,18H2,1H3,(H,28,32). The van der Waals surface area contributed by atoms with Crippen molar-refractivity contribution in [2.45, 2.75) is 64.0 Å². The minimum Gasteiger partial charge on any atom is -0.339 e. The van der Waals surface area contributed by atoms with Crippen molar-refractivity contribution in [2.75, 3.05) is 12.4 Å². The summed E-state index contributed by atoms with van der Waals surface area (Å²) in [5, 5.41) is 7.78. The molecule has 1 aliphatic rings. The predicted octanol–water partition coefficient (Wildman–Crippen LogP) is 6.12. The third kappa shape index (κ3) is 6.65. The zero-order valence-corrected chi connectivity index (χ0v) is 19.9. The van der Waals surface area contributed by atoms with Crippen LogP contribution in [0.2, 0.25) is 5.02 Å². The molecule has 1 fully saturated rings. The van der Waals surface area contributed by atoms with Gasteiger partial charge in [0.25, 0.3) is 0 Å². The second kappa shape index (κ2) is 11.4. The summed E-state index contributed by atoms with van der Waals surface area (Å²) in [6.45, 7) is 0.844. The molecule has 0 atom stereocenters. The lowest BCUT2D eigenvalue weighted by Crippen LogP contribution is -2.33. The third-order valence-electron chi connectivity index (χ3n) is 6.27. The lowest BCUT2D eigenvalue weighted by molar-refractivity contribution is -0.116. The van der Waals surface area contributed by atoms with Crippen LogP contribution in [-0.2, 0) is 17.8 Å². The van der Waals surface area contributed by atoms with Crippen molar-refractivity contribution >= 4 is 23.2 Å². The molecular formula is C26H31ClN4O2. The molecule has 1 saturated carbocycles. The van der Waals surface area contributed by atoms with Gasteiger partial charge in [-0.05, 0) is 62.2 Å². The van der Waals surface area contributed by atoms with E-state index in [4.69, 9.17) is 16.1 Å². The van der Waals surface area contributed by atoms with Gasteiger partial charge in [-0.3, -0.25) is 9.69 Å². The van der Waals surface area contributed by atoms with Crippen molar-refractivity contribution in [1.82, 2.24) is 15.0 Å². The highest BCUT2D eigenvalue weighted by atomic mass is 35.5. The lowest BCUT2D eigenvalue weighted by atomic mass is 9.94. The second-order valence-corrected chi connectivity index (χ2v) is 9.22. The van der Waals surface area contributed by atoms with Gasteiger partial charge in [-0.25, -0.2) is 0 Å². The highest BCUT2D eigenvalue weighted by molar-refractivity contribution is 6.30. The van der Waals surface area contributed by atoms with Gasteiger partial charge in [-0.1, -0.05) is 54.2 Å². The second-order valence-electron chi connectivity index (χ2n) is 8.78. The van der Waals surface area contributed by atoms with Crippen LogP contribution in [0.4, 0.5) is 5.69 Å². The maximum atomic E-state index is 12.6. The van der Waals surface area contributed by atoms with E-state index in [9.17, 15) is 4.79 Å². The number of benzene rings is 2. The van der Waals surface area contributed by atoms with E-state index in [0.717, 1.165) is 23.4 Å². The molecule has 0 radical (unpaired) electrons. The first-order valence-electron chi connectivity index (χ1n) is 11.7. The van der Waals surface area contributed by atoms with Crippen LogP contribution in [0.5, 0.6) is 0 Å². The Morgan fingerprint density at radius 3 is 2.67 bits per heavy atom. The first-order valence-corrected chi connectivity index (χ1v) is 12.1. The molecule has 0 aliphatic heterocycles. The van der Waals surface area contributed by atoms with Crippen LogP contribution < -0.4 is 5.32 Å². The molecule has 1 aliphatic carbocycles. The Bertz CT molecular complexity index is 1040. The van der Waals surface area contributed by atoms with Crippen LogP contribution in [0.3, 0.4) is 0 Å². The fourth-order valence-corrected chi connectivity index (χ4v) is 4.51. The number of para-hydroxylation sites is 1. The average molecular weight is 467 g/mol. The van der Waals surface area contributed by atoms with E-state index in [1.54, 1.807) is 12.1 Å². The van der Waals surface area contributed by atoms with Gasteiger partial charge in [0, 0.05) is 41.7 Å². The summed E-state index contributed by atoms with van der Waals surface area (Å²) in [4.78, 5) is 19.4. The number of carbonyl (C=O) groups is 1. The maximum absolute atomic E-state index is 12.6. The van der Waals surface area contributed by atoms with Crippen LogP contribution in [-0.4, -0.2) is 34.0 Å². The molecule has 0 spiro atoms. The summed E-state index contributed by atoms with van der Waals surface area (Å²) < 4.78 is 5.34. The van der Waals surface area contributed by atoms with E-state index in [1.807, 2.05) is 30.3 Å². The number of amides is 1. The molecular weight excluding hydrogens is 436 g/mol. The molecule has 0 bridgehead atoms. The number of rotatable bonds is 9. The largest absolute Gasteiger partial charge is 0.339 e. The normalized spacial score (nSPS) is 14.5. The van der Waals surface area contributed by atoms with E-state index in [-0.39, 0.29) is 5.91 Å². The summed E-state index contributed by atoms with van der Waals surface area (Å²) in [5.74, 6) is 1.06. The molecule has 174 valence electrons. The quantitative estimate of drug-likeness (QED) is 0.411. The third-order valence-corrected chi connectivity index (χ3v) is 6.53. The first-order chi connectivity index (χ1) is 16.1. The van der Waals surface area contributed by atoms with Crippen LogP contribution in [0.15, 0.2) is 53.1 Å². The minimum atomic E-state index is 0.000194. The van der Waals surface area contributed by atoms with E-state index in [2.05, 4.69) is 33.5 Å². The Kier molecular flexibility index (Phi) is 8.13. The molecule has 0 saturated heterocycles. The van der Waals surface area contributed by atoms with E-state index in [0.29, 0.717) is 42.0 Å². The highest BCUT2D eigenvalue weighted by Gasteiger charge is 2.19. The molecule has 1 aromatic heterocycles. The summed E-state index contributed by atoms with van der Waals surface area (Å²) in [5.41, 5.74) is 2.90. The molecule has 1 heterocycles. The number of hydrogen-bond donors (Lipinski definition) is 1. The Balaban J connectivity index is 1.27. The summed E-state index contributed by atoms with van der Waals surface area (Å²) in [6.07, 6.45) is 8.09. The highest BCUT2D eigenvalue weighted by Crippen LogP contribution is 2.25. The number of halogens is 1. The van der Waals surface area contributed by atoms with Crippen LogP contribution in [0, 0.1) is 0 Å². The fourth-order valence-electron chi connectivity index (χ4n) is 4.39. The average Bonchev–Trinajstić information content (AvgIpc) is 3.30. The Morgan fingerprint density at radius 1 is 1.12 bits per heavy atom. The van der Waals surface area contributed by atoms with Gasteiger partial charge in [0.15, 0.2) is 0 Å². The molecule has 7 heteroatoms. The fraction of sp³-hybridized carbons (Fsp3) is 0.423. The van der Waals surface area contributed by atoms with Gasteiger partial charge >= 0.3 is 0 Å². The van der Waals surface area contributed by atoms with Crippen molar-refractivity contribution in [3.63, 3.8) is 0 Å². The summed E-state index contributed by atoms with van der Waals surface area (Å²) in [7, 11) is 2.19. The van der Waals surface area contributed by atoms with Gasteiger partial charge in [0.2, 0.25) is 17.6 Å². The molecule has 2 aromatic carbocycles. The van der Waals surface area contributed by atoms with Crippen LogP contribution >= 0.6 is 11.6 Å². The van der Waals surface area contributed by atoms with Gasteiger partial charge in [-0.2, -0.15) is 4.98 Å². The van der Waals surface area contributed by atoms with Crippen molar-refractivity contribution in [3.8, 4) is 11.4 Å². The number of hydrogen-bond acceptors (Lipinski definition) is 5. The van der Waals surface area contributed by atoms with Crippen LogP contribution in [0.1, 0.15) is 56.4 Å². The molecule has 4 rings (SSSR count). The number of nitrogens with zero attached hydrogens (tertiary/aromatic N) is 3. The number of anilines is 1. The lowest BCUT2D eigenvalue weighted by Gasteiger charge is -2.31. The van der Waals surface area contributed by atoms with Gasteiger partial charge < -0.3 is 9.84 Å². The molecule has 6 nitrogen and oxygen atoms in total. The molecule has 3 aromatic rings. The summed E-state index contributed by atoms with van der Waals surface area (Å²) >= 11 is 5.93. The topological polar surface area (TPSA) is 71.3 Å². The summed E-state index contributed by atoms with van der Waals surface area (Å²) in [6, 6.07) is 16.0. The molecule has 33 heavy (non-hydrogen) atoms. The molecule has 0 unspecified atom stereocenters. The van der Waals surface area contributed by atoms with E-state index in [1.165, 1.54) is 32.1 Å². The van der Waals surface area contributed by atoms with Gasteiger partial charge in [-0.15, -0.1) is 0 Å². The maximum Gasteiger partial charge on any atom is 0.226 e. The number of aryl methyl sites for hydroxylation is 1. The van der Waals surface area contributed by atoms with Crippen molar-refractivity contribution in [2.24, 2.45) is 0 Å². The smallest absolute Gasteiger partial charge is 0.226 e. The van der Waals surface area contributed by atoms with Gasteiger partial charge in [0.1, 0.15) is 0 Å². The van der Waals surface area contributed by atoms with Crippen molar-refractivity contribution in [3.05, 3.63) is 65.0 Å². The Labute approximate surface area is 200 Å². The Hall–Kier alpha value is -2.70. The Morgan fingerprint density at radius 2 is 1.88 bits per heavy atom. The SMILES string of the molecule is CN(Cc1ccccc1NC(=O)CCCc1nc(-c2ccc(Cl)cc2)no1)C1CCCCC1. The van der Waals surface area contributed by atoms with Crippen molar-refractivity contribution in [1.29, 1.82) is 0 Å².